The molecule has 0 bridgehead atoms. The Kier molecular flexibility index (Phi) is 5.33. The molecular formula is C16H21NO4. The zero-order valence-electron chi connectivity index (χ0n) is 12.2. The predicted octanol–water partition coefficient (Wildman–Crippen LogP) is 2.09. The fourth-order valence-electron chi connectivity index (χ4n) is 2.62. The summed E-state index contributed by atoms with van der Waals surface area (Å²) in [5, 5.41) is 9.01. The molecule has 0 radical (unpaired) electrons. The van der Waals surface area contributed by atoms with Crippen molar-refractivity contribution in [3.05, 3.63) is 35.9 Å². The number of ether oxygens (including phenoxy) is 1. The number of likely N-dealkylation sites (tertiary alicyclic amines) is 1. The van der Waals surface area contributed by atoms with Gasteiger partial charge in [-0.2, -0.15) is 0 Å². The quantitative estimate of drug-likeness (QED) is 0.902. The molecule has 1 fully saturated rings. The van der Waals surface area contributed by atoms with Gasteiger partial charge in [0.05, 0.1) is 5.92 Å². The third-order valence-corrected chi connectivity index (χ3v) is 3.82. The van der Waals surface area contributed by atoms with Crippen LogP contribution in [0.4, 0.5) is 0 Å². The number of benzene rings is 1. The second kappa shape index (κ2) is 7.22. The summed E-state index contributed by atoms with van der Waals surface area (Å²) < 4.78 is 5.61. The fraction of sp³-hybridized carbons (Fsp3) is 0.500. The van der Waals surface area contributed by atoms with Gasteiger partial charge in [0.15, 0.2) is 6.10 Å². The molecule has 2 rings (SSSR count). The molecule has 1 heterocycles. The third-order valence-electron chi connectivity index (χ3n) is 3.82. The van der Waals surface area contributed by atoms with Crippen LogP contribution in [0.15, 0.2) is 30.3 Å². The molecule has 1 N–H and O–H groups in total. The summed E-state index contributed by atoms with van der Waals surface area (Å²) in [6.45, 7) is 3.27. The molecule has 1 aliphatic rings. The number of hydrogen-bond donors (Lipinski definition) is 1. The van der Waals surface area contributed by atoms with E-state index in [2.05, 4.69) is 0 Å². The number of carboxylic acids is 1. The van der Waals surface area contributed by atoms with Crippen molar-refractivity contribution in [2.75, 3.05) is 19.7 Å². The maximum atomic E-state index is 12.6. The number of aliphatic carboxylic acids is 1. The Hall–Kier alpha value is -1.88. The Bertz CT molecular complexity index is 480. The Balaban J connectivity index is 2.04. The molecule has 1 aromatic rings. The number of hydrogen-bond acceptors (Lipinski definition) is 3. The van der Waals surface area contributed by atoms with E-state index in [1.165, 1.54) is 0 Å². The molecule has 1 amide bonds. The molecule has 0 aromatic heterocycles. The number of carbonyl (C=O) groups is 2. The molecular weight excluding hydrogens is 270 g/mol. The van der Waals surface area contributed by atoms with Crippen molar-refractivity contribution >= 4 is 11.9 Å². The maximum absolute atomic E-state index is 12.6. The van der Waals surface area contributed by atoms with Gasteiger partial charge in [0.1, 0.15) is 0 Å². The zero-order chi connectivity index (χ0) is 15.2. The van der Waals surface area contributed by atoms with Crippen LogP contribution in [-0.4, -0.2) is 41.6 Å². The summed E-state index contributed by atoms with van der Waals surface area (Å²) >= 11 is 0. The molecule has 1 unspecified atom stereocenters. The van der Waals surface area contributed by atoms with Gasteiger partial charge in [-0.05, 0) is 25.3 Å². The Labute approximate surface area is 124 Å². The number of rotatable bonds is 5. The minimum atomic E-state index is -0.772. The van der Waals surface area contributed by atoms with E-state index in [0.717, 1.165) is 5.56 Å². The van der Waals surface area contributed by atoms with Crippen LogP contribution in [0, 0.1) is 5.92 Å². The van der Waals surface area contributed by atoms with Gasteiger partial charge in [0.2, 0.25) is 0 Å². The average molecular weight is 291 g/mol. The lowest BCUT2D eigenvalue weighted by Gasteiger charge is -2.32. The van der Waals surface area contributed by atoms with E-state index in [4.69, 9.17) is 9.84 Å². The molecule has 1 aromatic carbocycles. The van der Waals surface area contributed by atoms with Crippen molar-refractivity contribution in [3.63, 3.8) is 0 Å². The topological polar surface area (TPSA) is 66.8 Å². The summed E-state index contributed by atoms with van der Waals surface area (Å²) in [6.07, 6.45) is 0.418. The van der Waals surface area contributed by atoms with Gasteiger partial charge in [0, 0.05) is 19.7 Å². The molecule has 114 valence electrons. The van der Waals surface area contributed by atoms with Crippen molar-refractivity contribution in [1.29, 1.82) is 0 Å². The van der Waals surface area contributed by atoms with E-state index in [-0.39, 0.29) is 11.8 Å². The first-order valence-electron chi connectivity index (χ1n) is 7.31. The van der Waals surface area contributed by atoms with Gasteiger partial charge >= 0.3 is 5.97 Å². The monoisotopic (exact) mass is 291 g/mol. The lowest BCUT2D eigenvalue weighted by molar-refractivity contribution is -0.150. The average Bonchev–Trinajstić information content (AvgIpc) is 2.53. The van der Waals surface area contributed by atoms with Gasteiger partial charge < -0.3 is 14.7 Å². The SMILES string of the molecule is CCOC(C(=O)N1CCC(C(=O)O)CC1)c1ccccc1. The third kappa shape index (κ3) is 3.82. The normalized spacial score (nSPS) is 17.5. The van der Waals surface area contributed by atoms with E-state index >= 15 is 0 Å². The van der Waals surface area contributed by atoms with Crippen LogP contribution in [0.1, 0.15) is 31.4 Å². The van der Waals surface area contributed by atoms with E-state index in [1.807, 2.05) is 37.3 Å². The van der Waals surface area contributed by atoms with E-state index in [9.17, 15) is 9.59 Å². The maximum Gasteiger partial charge on any atom is 0.306 e. The number of nitrogens with zero attached hydrogens (tertiary/aromatic N) is 1. The number of piperidine rings is 1. The van der Waals surface area contributed by atoms with Crippen molar-refractivity contribution in [1.82, 2.24) is 4.90 Å². The highest BCUT2D eigenvalue weighted by Crippen LogP contribution is 2.24. The van der Waals surface area contributed by atoms with Gasteiger partial charge in [0.25, 0.3) is 5.91 Å². The van der Waals surface area contributed by atoms with Crippen molar-refractivity contribution in [2.24, 2.45) is 5.92 Å². The first-order valence-corrected chi connectivity index (χ1v) is 7.31. The standard InChI is InChI=1S/C16H21NO4/c1-2-21-14(12-6-4-3-5-7-12)15(18)17-10-8-13(9-11-17)16(19)20/h3-7,13-14H,2,8-11H2,1H3,(H,19,20). The van der Waals surface area contributed by atoms with Crippen LogP contribution in [-0.2, 0) is 14.3 Å². The molecule has 1 aliphatic heterocycles. The Morgan fingerprint density at radius 3 is 2.43 bits per heavy atom. The number of carbonyl (C=O) groups excluding carboxylic acids is 1. The molecule has 0 spiro atoms. The van der Waals surface area contributed by atoms with Crippen LogP contribution < -0.4 is 0 Å². The van der Waals surface area contributed by atoms with E-state index in [1.54, 1.807) is 4.90 Å². The van der Waals surface area contributed by atoms with Gasteiger partial charge in [-0.3, -0.25) is 9.59 Å². The number of carboxylic acid groups (broad SMARTS) is 1. The highest BCUT2D eigenvalue weighted by Gasteiger charge is 2.31. The predicted molar refractivity (Wildman–Crippen MR) is 77.7 cm³/mol. The molecule has 5 nitrogen and oxygen atoms in total. The second-order valence-electron chi connectivity index (χ2n) is 5.18. The highest BCUT2D eigenvalue weighted by atomic mass is 16.5. The summed E-state index contributed by atoms with van der Waals surface area (Å²) in [4.78, 5) is 25.3. The van der Waals surface area contributed by atoms with Crippen LogP contribution in [0.5, 0.6) is 0 Å². The Morgan fingerprint density at radius 1 is 1.29 bits per heavy atom. The molecule has 1 saturated heterocycles. The zero-order valence-corrected chi connectivity index (χ0v) is 12.2. The van der Waals surface area contributed by atoms with Crippen LogP contribution in [0.25, 0.3) is 0 Å². The minimum absolute atomic E-state index is 0.0770. The van der Waals surface area contributed by atoms with Crippen LogP contribution >= 0.6 is 0 Å². The first-order chi connectivity index (χ1) is 10.1. The molecule has 0 saturated carbocycles. The van der Waals surface area contributed by atoms with Gasteiger partial charge in [-0.1, -0.05) is 30.3 Å². The van der Waals surface area contributed by atoms with Gasteiger partial charge in [-0.25, -0.2) is 0 Å². The summed E-state index contributed by atoms with van der Waals surface area (Å²) in [6, 6.07) is 9.41. The van der Waals surface area contributed by atoms with Crippen LogP contribution in [0.2, 0.25) is 0 Å². The molecule has 5 heteroatoms. The summed E-state index contributed by atoms with van der Waals surface area (Å²) in [5.41, 5.74) is 0.838. The first kappa shape index (κ1) is 15.5. The van der Waals surface area contributed by atoms with Crippen molar-refractivity contribution in [3.8, 4) is 0 Å². The molecule has 21 heavy (non-hydrogen) atoms. The van der Waals surface area contributed by atoms with Crippen molar-refractivity contribution < 1.29 is 19.4 Å². The van der Waals surface area contributed by atoms with Gasteiger partial charge in [-0.15, -0.1) is 0 Å². The van der Waals surface area contributed by atoms with E-state index < -0.39 is 12.1 Å². The lowest BCUT2D eigenvalue weighted by atomic mass is 9.96. The fourth-order valence-corrected chi connectivity index (χ4v) is 2.62. The number of amides is 1. The largest absolute Gasteiger partial charge is 0.481 e. The summed E-state index contributed by atoms with van der Waals surface area (Å²) in [5.74, 6) is -1.19. The highest BCUT2D eigenvalue weighted by molar-refractivity contribution is 5.82. The minimum Gasteiger partial charge on any atom is -0.481 e. The molecule has 1 atom stereocenters. The van der Waals surface area contributed by atoms with E-state index in [0.29, 0.717) is 32.5 Å². The Morgan fingerprint density at radius 2 is 1.90 bits per heavy atom. The van der Waals surface area contributed by atoms with Crippen molar-refractivity contribution in [2.45, 2.75) is 25.9 Å². The molecule has 0 aliphatic carbocycles. The summed E-state index contributed by atoms with van der Waals surface area (Å²) in [7, 11) is 0. The second-order valence-corrected chi connectivity index (χ2v) is 5.18. The lowest BCUT2D eigenvalue weighted by Crippen LogP contribution is -2.43. The smallest absolute Gasteiger partial charge is 0.306 e. The van der Waals surface area contributed by atoms with Crippen LogP contribution in [0.3, 0.4) is 0 Å².